The van der Waals surface area contributed by atoms with E-state index in [-0.39, 0.29) is 22.8 Å². The van der Waals surface area contributed by atoms with Gasteiger partial charge >= 0.3 is 0 Å². The number of hydrogen-bond acceptors (Lipinski definition) is 9. The molecule has 0 amide bonds. The van der Waals surface area contributed by atoms with Crippen LogP contribution >= 0.6 is 0 Å². The Morgan fingerprint density at radius 2 is 1.69 bits per heavy atom. The Labute approximate surface area is 166 Å². The molecule has 1 fully saturated rings. The largest absolute Gasteiger partial charge is 0.508 e. The lowest BCUT2D eigenvalue weighted by molar-refractivity contribution is -0.277. The maximum atomic E-state index is 13.0. The van der Waals surface area contributed by atoms with Crippen molar-refractivity contribution in [2.24, 2.45) is 0 Å². The van der Waals surface area contributed by atoms with Crippen molar-refractivity contribution in [3.8, 4) is 17.2 Å². The summed E-state index contributed by atoms with van der Waals surface area (Å²) in [5.74, 6) is -0.883. The number of carbonyl (C=O) groups is 1. The third kappa shape index (κ3) is 4.19. The smallest absolute Gasteiger partial charge is 0.229 e. The maximum absolute atomic E-state index is 13.0. The lowest BCUT2D eigenvalue weighted by atomic mass is 9.99. The predicted molar refractivity (Wildman–Crippen MR) is 98.9 cm³/mol. The quantitative estimate of drug-likeness (QED) is 0.412. The zero-order chi connectivity index (χ0) is 21.1. The van der Waals surface area contributed by atoms with E-state index in [1.807, 2.05) is 0 Å². The zero-order valence-electron chi connectivity index (χ0n) is 15.5. The summed E-state index contributed by atoms with van der Waals surface area (Å²) in [4.78, 5) is 13.0. The highest BCUT2D eigenvalue weighted by molar-refractivity contribution is 6.12. The molecule has 0 bridgehead atoms. The molecule has 1 aliphatic rings. The summed E-state index contributed by atoms with van der Waals surface area (Å²) in [5.41, 5.74) is 0.295. The molecule has 2 aromatic rings. The van der Waals surface area contributed by atoms with Crippen molar-refractivity contribution >= 4 is 5.78 Å². The first-order valence-electron chi connectivity index (χ1n) is 8.85. The Morgan fingerprint density at radius 1 is 1.03 bits per heavy atom. The molecule has 5 N–H and O–H groups in total. The van der Waals surface area contributed by atoms with E-state index in [1.165, 1.54) is 13.2 Å². The van der Waals surface area contributed by atoms with Crippen LogP contribution in [0.2, 0.25) is 0 Å². The second-order valence-corrected chi connectivity index (χ2v) is 6.53. The molecule has 0 spiro atoms. The van der Waals surface area contributed by atoms with Gasteiger partial charge in [0.1, 0.15) is 47.2 Å². The highest BCUT2D eigenvalue weighted by atomic mass is 16.7. The SMILES string of the molecule is COc1cc(O)cc(O[C@@H]2O[C@H](CO)[C@@H](O)[C@H](O)[C@H]2O)c1C(=O)c1ccccc1. The van der Waals surface area contributed by atoms with Crippen LogP contribution in [0.4, 0.5) is 0 Å². The summed E-state index contributed by atoms with van der Waals surface area (Å²) >= 11 is 0. The Bertz CT molecular complexity index is 853. The number of methoxy groups -OCH3 is 1. The second kappa shape index (κ2) is 8.76. The number of aliphatic hydroxyl groups excluding tert-OH is 4. The molecule has 156 valence electrons. The number of phenols is 1. The summed E-state index contributed by atoms with van der Waals surface area (Å²) in [6, 6.07) is 10.7. The van der Waals surface area contributed by atoms with Crippen molar-refractivity contribution in [2.75, 3.05) is 13.7 Å². The number of phenolic OH excluding ortho intramolecular Hbond substituents is 1. The Kier molecular flexibility index (Phi) is 6.36. The van der Waals surface area contributed by atoms with Gasteiger partial charge in [-0.15, -0.1) is 0 Å². The number of rotatable bonds is 6. The van der Waals surface area contributed by atoms with Gasteiger partial charge in [-0.1, -0.05) is 30.3 Å². The van der Waals surface area contributed by atoms with E-state index in [0.29, 0.717) is 5.56 Å². The fraction of sp³-hybridized carbons (Fsp3) is 0.350. The third-order valence-electron chi connectivity index (χ3n) is 4.63. The predicted octanol–water partition coefficient (Wildman–Crippen LogP) is -0.190. The second-order valence-electron chi connectivity index (χ2n) is 6.53. The first-order chi connectivity index (χ1) is 13.9. The van der Waals surface area contributed by atoms with Gasteiger partial charge in [0.2, 0.25) is 12.1 Å². The molecule has 5 atom stereocenters. The minimum absolute atomic E-state index is 0.0263. The molecule has 0 saturated carbocycles. The van der Waals surface area contributed by atoms with E-state index < -0.39 is 43.1 Å². The van der Waals surface area contributed by atoms with Gasteiger partial charge in [-0.3, -0.25) is 4.79 Å². The average Bonchev–Trinajstić information content (AvgIpc) is 2.73. The van der Waals surface area contributed by atoms with Crippen LogP contribution in [0.15, 0.2) is 42.5 Å². The van der Waals surface area contributed by atoms with Gasteiger partial charge < -0.3 is 39.7 Å². The van der Waals surface area contributed by atoms with Crippen molar-refractivity contribution in [1.82, 2.24) is 0 Å². The molecule has 9 heteroatoms. The summed E-state index contributed by atoms with van der Waals surface area (Å²) in [5, 5.41) is 49.4. The van der Waals surface area contributed by atoms with Crippen LogP contribution in [0.1, 0.15) is 15.9 Å². The Hall–Kier alpha value is -2.69. The molecule has 2 aromatic carbocycles. The molecule has 0 aromatic heterocycles. The zero-order valence-corrected chi connectivity index (χ0v) is 15.5. The lowest BCUT2D eigenvalue weighted by Crippen LogP contribution is -2.60. The van der Waals surface area contributed by atoms with E-state index in [0.717, 1.165) is 6.07 Å². The number of ketones is 1. The molecule has 1 saturated heterocycles. The van der Waals surface area contributed by atoms with Crippen LogP contribution in [0.3, 0.4) is 0 Å². The van der Waals surface area contributed by atoms with Crippen molar-refractivity contribution in [1.29, 1.82) is 0 Å². The van der Waals surface area contributed by atoms with Crippen molar-refractivity contribution < 1.29 is 44.5 Å². The van der Waals surface area contributed by atoms with Crippen LogP contribution in [0, 0.1) is 0 Å². The van der Waals surface area contributed by atoms with Crippen molar-refractivity contribution in [3.63, 3.8) is 0 Å². The minimum atomic E-state index is -1.68. The average molecular weight is 406 g/mol. The number of hydrogen-bond donors (Lipinski definition) is 5. The standard InChI is InChI=1S/C20H22O9/c1-27-12-7-11(22)8-13(15(12)16(23)10-5-3-2-4-6-10)28-20-19(26)18(25)17(24)14(9-21)29-20/h2-8,14,17-22,24-26H,9H2,1H3/t14-,17-,18+,19-,20-/m1/s1. The van der Waals surface area contributed by atoms with Gasteiger partial charge in [0.05, 0.1) is 13.7 Å². The molecule has 1 heterocycles. The molecule has 0 aliphatic carbocycles. The number of carbonyl (C=O) groups excluding carboxylic acids is 1. The minimum Gasteiger partial charge on any atom is -0.508 e. The first kappa shape index (κ1) is 21.0. The number of aliphatic hydroxyl groups is 4. The molecule has 0 unspecified atom stereocenters. The van der Waals surface area contributed by atoms with Gasteiger partial charge in [0.15, 0.2) is 0 Å². The molecular formula is C20H22O9. The van der Waals surface area contributed by atoms with E-state index in [4.69, 9.17) is 14.2 Å². The molecule has 9 nitrogen and oxygen atoms in total. The monoisotopic (exact) mass is 406 g/mol. The van der Waals surface area contributed by atoms with E-state index in [9.17, 15) is 30.3 Å². The topological polar surface area (TPSA) is 146 Å². The highest BCUT2D eigenvalue weighted by Crippen LogP contribution is 2.37. The van der Waals surface area contributed by atoms with Gasteiger partial charge in [0, 0.05) is 17.7 Å². The normalized spacial score (nSPS) is 26.7. The maximum Gasteiger partial charge on any atom is 0.229 e. The molecular weight excluding hydrogens is 384 g/mol. The highest BCUT2D eigenvalue weighted by Gasteiger charge is 2.45. The van der Waals surface area contributed by atoms with Crippen molar-refractivity contribution in [3.05, 3.63) is 53.6 Å². The van der Waals surface area contributed by atoms with E-state index in [2.05, 4.69) is 0 Å². The van der Waals surface area contributed by atoms with E-state index >= 15 is 0 Å². The summed E-state index contributed by atoms with van der Waals surface area (Å²) in [6.45, 7) is -0.635. The van der Waals surface area contributed by atoms with Crippen LogP contribution in [-0.2, 0) is 4.74 Å². The van der Waals surface area contributed by atoms with Gasteiger partial charge in [-0.25, -0.2) is 0 Å². The Balaban J connectivity index is 2.00. The molecule has 29 heavy (non-hydrogen) atoms. The van der Waals surface area contributed by atoms with E-state index in [1.54, 1.807) is 30.3 Å². The number of aromatic hydroxyl groups is 1. The number of benzene rings is 2. The fourth-order valence-corrected chi connectivity index (χ4v) is 3.08. The van der Waals surface area contributed by atoms with Crippen molar-refractivity contribution in [2.45, 2.75) is 30.7 Å². The summed E-state index contributed by atoms with van der Waals surface area (Å²) in [6.07, 6.45) is -7.61. The van der Waals surface area contributed by atoms with Gasteiger partial charge in [-0.2, -0.15) is 0 Å². The summed E-state index contributed by atoms with van der Waals surface area (Å²) < 4.78 is 16.1. The Morgan fingerprint density at radius 3 is 2.31 bits per heavy atom. The third-order valence-corrected chi connectivity index (χ3v) is 4.63. The number of ether oxygens (including phenoxy) is 3. The lowest BCUT2D eigenvalue weighted by Gasteiger charge is -2.39. The van der Waals surface area contributed by atoms with Crippen LogP contribution in [0.5, 0.6) is 17.2 Å². The molecule has 3 rings (SSSR count). The van der Waals surface area contributed by atoms with Crippen LogP contribution in [0.25, 0.3) is 0 Å². The first-order valence-corrected chi connectivity index (χ1v) is 8.85. The molecule has 0 radical (unpaired) electrons. The van der Waals surface area contributed by atoms with Gasteiger partial charge in [0.25, 0.3) is 0 Å². The summed E-state index contributed by atoms with van der Waals surface area (Å²) in [7, 11) is 1.31. The van der Waals surface area contributed by atoms with Crippen LogP contribution < -0.4 is 9.47 Å². The van der Waals surface area contributed by atoms with Gasteiger partial charge in [-0.05, 0) is 0 Å². The fourth-order valence-electron chi connectivity index (χ4n) is 3.08. The van der Waals surface area contributed by atoms with Crippen LogP contribution in [-0.4, -0.2) is 75.7 Å². The molecule has 1 aliphatic heterocycles.